The lowest BCUT2D eigenvalue weighted by atomic mass is 10.2. The molecule has 0 radical (unpaired) electrons. The van der Waals surface area contributed by atoms with Crippen molar-refractivity contribution >= 4 is 45.7 Å². The van der Waals surface area contributed by atoms with Gasteiger partial charge in [0.2, 0.25) is 11.0 Å². The third kappa shape index (κ3) is 4.94. The van der Waals surface area contributed by atoms with Crippen molar-refractivity contribution in [3.05, 3.63) is 47.0 Å². The summed E-state index contributed by atoms with van der Waals surface area (Å²) in [5, 5.41) is 21.8. The third-order valence-corrected chi connectivity index (χ3v) is 5.64. The van der Waals surface area contributed by atoms with Gasteiger partial charge in [-0.15, -0.1) is 27.0 Å². The first-order valence-corrected chi connectivity index (χ1v) is 10.3. The van der Waals surface area contributed by atoms with E-state index in [0.717, 1.165) is 17.0 Å². The molecule has 7 nitrogen and oxygen atoms in total. The smallest absolute Gasteiger partial charge is 0.236 e. The van der Waals surface area contributed by atoms with Gasteiger partial charge in [0.15, 0.2) is 11.0 Å². The van der Waals surface area contributed by atoms with Crippen LogP contribution in [-0.2, 0) is 17.8 Å². The predicted octanol–water partition coefficient (Wildman–Crippen LogP) is 3.93. The van der Waals surface area contributed by atoms with Crippen LogP contribution in [0.25, 0.3) is 11.4 Å². The number of hydrogen-bond acceptors (Lipinski definition) is 7. The fourth-order valence-electron chi connectivity index (χ4n) is 2.26. The number of hydrogen-bond donors (Lipinski definition) is 1. The van der Waals surface area contributed by atoms with Crippen LogP contribution in [0.2, 0.25) is 5.02 Å². The average molecular weight is 421 g/mol. The number of anilines is 1. The largest absolute Gasteiger partial charge is 0.300 e. The Morgan fingerprint density at radius 3 is 2.93 bits per heavy atom. The van der Waals surface area contributed by atoms with Crippen molar-refractivity contribution in [2.24, 2.45) is 0 Å². The summed E-state index contributed by atoms with van der Waals surface area (Å²) >= 11 is 8.75. The topological polar surface area (TPSA) is 85.6 Å². The molecule has 0 bridgehead atoms. The summed E-state index contributed by atoms with van der Waals surface area (Å²) in [6.45, 7) is 6.30. The molecule has 1 N–H and O–H groups in total. The highest BCUT2D eigenvalue weighted by atomic mass is 35.5. The average Bonchev–Trinajstić information content (AvgIpc) is 3.27. The second kappa shape index (κ2) is 9.12. The molecule has 1 aromatic carbocycles. The maximum Gasteiger partial charge on any atom is 0.236 e. The van der Waals surface area contributed by atoms with Crippen LogP contribution in [0.4, 0.5) is 5.13 Å². The zero-order valence-electron chi connectivity index (χ0n) is 14.6. The van der Waals surface area contributed by atoms with Crippen molar-refractivity contribution in [3.63, 3.8) is 0 Å². The Morgan fingerprint density at radius 1 is 1.37 bits per heavy atom. The molecule has 0 unspecified atom stereocenters. The van der Waals surface area contributed by atoms with Crippen LogP contribution in [0.5, 0.6) is 0 Å². The van der Waals surface area contributed by atoms with Crippen molar-refractivity contribution < 1.29 is 4.79 Å². The van der Waals surface area contributed by atoms with E-state index in [1.54, 1.807) is 12.1 Å². The van der Waals surface area contributed by atoms with Crippen molar-refractivity contribution in [3.8, 4) is 11.4 Å². The second-order valence-electron chi connectivity index (χ2n) is 5.41. The van der Waals surface area contributed by atoms with E-state index in [9.17, 15) is 4.79 Å². The van der Waals surface area contributed by atoms with Gasteiger partial charge in [0.1, 0.15) is 5.01 Å². The zero-order valence-corrected chi connectivity index (χ0v) is 16.9. The Labute approximate surface area is 169 Å². The molecule has 0 atom stereocenters. The lowest BCUT2D eigenvalue weighted by Crippen LogP contribution is -2.14. The van der Waals surface area contributed by atoms with Gasteiger partial charge < -0.3 is 0 Å². The molecule has 0 spiro atoms. The Kier molecular flexibility index (Phi) is 6.59. The van der Waals surface area contributed by atoms with Crippen molar-refractivity contribution in [1.82, 2.24) is 25.0 Å². The van der Waals surface area contributed by atoms with Crippen LogP contribution < -0.4 is 5.32 Å². The molecule has 1 amide bonds. The van der Waals surface area contributed by atoms with Crippen molar-refractivity contribution in [2.45, 2.75) is 25.0 Å². The van der Waals surface area contributed by atoms with E-state index >= 15 is 0 Å². The summed E-state index contributed by atoms with van der Waals surface area (Å²) in [4.78, 5) is 12.2. The maximum atomic E-state index is 12.2. The van der Waals surface area contributed by atoms with E-state index in [-0.39, 0.29) is 11.7 Å². The molecule has 0 fully saturated rings. The normalized spacial score (nSPS) is 10.7. The number of thioether (sulfide) groups is 1. The summed E-state index contributed by atoms with van der Waals surface area (Å²) in [6.07, 6.45) is 2.55. The highest BCUT2D eigenvalue weighted by Crippen LogP contribution is 2.26. The molecule has 10 heteroatoms. The fraction of sp³-hybridized carbons (Fsp3) is 0.235. The van der Waals surface area contributed by atoms with Crippen molar-refractivity contribution in [2.75, 3.05) is 11.1 Å². The number of rotatable bonds is 8. The van der Waals surface area contributed by atoms with Gasteiger partial charge in [0.05, 0.1) is 5.75 Å². The molecule has 0 saturated heterocycles. The minimum absolute atomic E-state index is 0.170. The number of aryl methyl sites for hydroxylation is 1. The van der Waals surface area contributed by atoms with Crippen LogP contribution in [0, 0.1) is 0 Å². The number of allylic oxidation sites excluding steroid dienone is 1. The molecule has 140 valence electrons. The number of halogens is 1. The highest BCUT2D eigenvalue weighted by Gasteiger charge is 2.16. The number of amides is 1. The van der Waals surface area contributed by atoms with Gasteiger partial charge in [-0.3, -0.25) is 14.7 Å². The van der Waals surface area contributed by atoms with E-state index in [2.05, 4.69) is 32.3 Å². The monoisotopic (exact) mass is 420 g/mol. The van der Waals surface area contributed by atoms with E-state index in [4.69, 9.17) is 11.6 Å². The SMILES string of the molecule is C=CCn1c(SCC(=O)Nc2nnc(CC)s2)nnc1-c1cccc(Cl)c1. The summed E-state index contributed by atoms with van der Waals surface area (Å²) < 4.78 is 1.90. The van der Waals surface area contributed by atoms with E-state index in [0.29, 0.717) is 27.7 Å². The highest BCUT2D eigenvalue weighted by molar-refractivity contribution is 7.99. The standard InChI is InChI=1S/C17H17ClN6OS2/c1-3-8-24-15(11-6-5-7-12(18)9-11)21-23-17(24)26-10-13(25)19-16-22-20-14(4-2)27-16/h3,5-7,9H,1,4,8,10H2,2H3,(H,19,22,25). The molecule has 0 aliphatic rings. The molecule has 2 aromatic heterocycles. The van der Waals surface area contributed by atoms with Gasteiger partial charge >= 0.3 is 0 Å². The number of carbonyl (C=O) groups is 1. The minimum atomic E-state index is -0.170. The first kappa shape index (κ1) is 19.5. The number of carbonyl (C=O) groups excluding carboxylic acids is 1. The molecule has 0 aliphatic carbocycles. The Bertz CT molecular complexity index is 955. The van der Waals surface area contributed by atoms with Gasteiger partial charge in [-0.25, -0.2) is 0 Å². The van der Waals surface area contributed by atoms with Crippen molar-refractivity contribution in [1.29, 1.82) is 0 Å². The van der Waals surface area contributed by atoms with E-state index in [1.165, 1.54) is 23.1 Å². The molecule has 0 saturated carbocycles. The van der Waals surface area contributed by atoms with Gasteiger partial charge in [0.25, 0.3) is 0 Å². The zero-order chi connectivity index (χ0) is 19.2. The second-order valence-corrected chi connectivity index (χ2v) is 7.85. The molecule has 27 heavy (non-hydrogen) atoms. The molecule has 0 aliphatic heterocycles. The minimum Gasteiger partial charge on any atom is -0.300 e. The lowest BCUT2D eigenvalue weighted by molar-refractivity contribution is -0.113. The third-order valence-electron chi connectivity index (χ3n) is 3.46. The Hall–Kier alpha value is -2.23. The van der Waals surface area contributed by atoms with Gasteiger partial charge in [-0.05, 0) is 18.6 Å². The molecular weight excluding hydrogens is 404 g/mol. The number of nitrogens with zero attached hydrogens (tertiary/aromatic N) is 5. The number of aromatic nitrogens is 5. The number of nitrogens with one attached hydrogen (secondary N) is 1. The van der Waals surface area contributed by atoms with Crippen LogP contribution in [0.3, 0.4) is 0 Å². The Morgan fingerprint density at radius 2 is 2.22 bits per heavy atom. The van der Waals surface area contributed by atoms with Crippen LogP contribution in [-0.4, -0.2) is 36.6 Å². The first-order valence-electron chi connectivity index (χ1n) is 8.15. The van der Waals surface area contributed by atoms with Gasteiger partial charge in [0, 0.05) is 17.1 Å². The summed E-state index contributed by atoms with van der Waals surface area (Å²) in [6, 6.07) is 7.40. The van der Waals surface area contributed by atoms with Gasteiger partial charge in [-0.2, -0.15) is 0 Å². The molecular formula is C17H17ClN6OS2. The maximum absolute atomic E-state index is 12.2. The lowest BCUT2D eigenvalue weighted by Gasteiger charge is -2.08. The molecule has 2 heterocycles. The van der Waals surface area contributed by atoms with Crippen LogP contribution in [0.1, 0.15) is 11.9 Å². The summed E-state index contributed by atoms with van der Waals surface area (Å²) in [5.74, 6) is 0.694. The number of benzene rings is 1. The summed E-state index contributed by atoms with van der Waals surface area (Å²) in [7, 11) is 0. The first-order chi connectivity index (χ1) is 13.1. The van der Waals surface area contributed by atoms with Crippen LogP contribution >= 0.6 is 34.7 Å². The van der Waals surface area contributed by atoms with E-state index < -0.39 is 0 Å². The summed E-state index contributed by atoms with van der Waals surface area (Å²) in [5.41, 5.74) is 0.856. The van der Waals surface area contributed by atoms with Crippen LogP contribution in [0.15, 0.2) is 42.1 Å². The predicted molar refractivity (Wildman–Crippen MR) is 109 cm³/mol. The van der Waals surface area contributed by atoms with E-state index in [1.807, 2.05) is 29.7 Å². The quantitative estimate of drug-likeness (QED) is 0.439. The fourth-order valence-corrected chi connectivity index (χ4v) is 3.90. The molecule has 3 rings (SSSR count). The molecule has 3 aromatic rings. The Balaban J connectivity index is 1.71. The van der Waals surface area contributed by atoms with Gasteiger partial charge in [-0.1, -0.05) is 59.8 Å².